The van der Waals surface area contributed by atoms with Gasteiger partial charge in [0.2, 0.25) is 0 Å². The predicted octanol–water partition coefficient (Wildman–Crippen LogP) is 0.635. The first-order valence-electron chi connectivity index (χ1n) is 4.42. The standard InChI is InChI=1S/C4H12O2Si.2C2H4O2/c1-3-7(5,6)4-2;2*1-2(3)4/h5-6H,3-4H2,1-2H3;2*1H3,(H,3,4). The summed E-state index contributed by atoms with van der Waals surface area (Å²) in [5.41, 5.74) is 0. The molecule has 0 aromatic heterocycles. The molecule has 0 atom stereocenters. The van der Waals surface area contributed by atoms with E-state index in [1.54, 1.807) is 13.8 Å². The lowest BCUT2D eigenvalue weighted by atomic mass is 10.9. The van der Waals surface area contributed by atoms with E-state index in [2.05, 4.69) is 0 Å². The van der Waals surface area contributed by atoms with Crippen molar-refractivity contribution in [2.24, 2.45) is 0 Å². The first-order valence-corrected chi connectivity index (χ1v) is 6.73. The number of carboxylic acid groups (broad SMARTS) is 2. The zero-order valence-corrected chi connectivity index (χ0v) is 10.5. The molecule has 0 aliphatic rings. The van der Waals surface area contributed by atoms with Gasteiger partial charge in [0.15, 0.2) is 0 Å². The van der Waals surface area contributed by atoms with Gasteiger partial charge in [-0.1, -0.05) is 13.8 Å². The molecule has 0 saturated carbocycles. The topological polar surface area (TPSA) is 115 Å². The van der Waals surface area contributed by atoms with Crippen molar-refractivity contribution in [2.75, 3.05) is 0 Å². The van der Waals surface area contributed by atoms with Crippen LogP contribution in [0.3, 0.4) is 0 Å². The molecule has 0 aliphatic heterocycles. The fraction of sp³-hybridized carbons (Fsp3) is 0.750. The van der Waals surface area contributed by atoms with Crippen LogP contribution in [0.4, 0.5) is 0 Å². The highest BCUT2D eigenvalue weighted by atomic mass is 28.4. The summed E-state index contributed by atoms with van der Waals surface area (Å²) in [6.07, 6.45) is 0. The Morgan fingerprint density at radius 3 is 1.07 bits per heavy atom. The van der Waals surface area contributed by atoms with Gasteiger partial charge in [-0.25, -0.2) is 0 Å². The van der Waals surface area contributed by atoms with Gasteiger partial charge in [0.05, 0.1) is 0 Å². The maximum absolute atomic E-state index is 9.00. The SMILES string of the molecule is CC(=O)O.CC(=O)O.CC[Si](O)(O)CC. The summed E-state index contributed by atoms with van der Waals surface area (Å²) < 4.78 is 0. The van der Waals surface area contributed by atoms with Crippen molar-refractivity contribution in [1.29, 1.82) is 0 Å². The lowest BCUT2D eigenvalue weighted by molar-refractivity contribution is -0.135. The summed E-state index contributed by atoms with van der Waals surface area (Å²) in [4.78, 5) is 35.7. The first kappa shape index (κ1) is 19.6. The molecule has 0 bridgehead atoms. The van der Waals surface area contributed by atoms with E-state index in [0.29, 0.717) is 12.1 Å². The van der Waals surface area contributed by atoms with Gasteiger partial charge in [-0.15, -0.1) is 0 Å². The summed E-state index contributed by atoms with van der Waals surface area (Å²) in [5.74, 6) is -1.67. The van der Waals surface area contributed by atoms with Crippen LogP contribution in [-0.4, -0.2) is 40.3 Å². The van der Waals surface area contributed by atoms with Crippen molar-refractivity contribution in [2.45, 2.75) is 39.8 Å². The van der Waals surface area contributed by atoms with Crippen molar-refractivity contribution in [3.05, 3.63) is 0 Å². The van der Waals surface area contributed by atoms with Gasteiger partial charge in [-0.2, -0.15) is 0 Å². The monoisotopic (exact) mass is 240 g/mol. The minimum Gasteiger partial charge on any atom is -0.481 e. The lowest BCUT2D eigenvalue weighted by Crippen LogP contribution is -2.31. The minimum atomic E-state index is -2.65. The quantitative estimate of drug-likeness (QED) is 0.526. The molecule has 0 amide bonds. The van der Waals surface area contributed by atoms with Crippen LogP contribution in [-0.2, 0) is 9.59 Å². The van der Waals surface area contributed by atoms with E-state index in [4.69, 9.17) is 29.4 Å². The number of rotatable bonds is 2. The third-order valence-corrected chi connectivity index (χ3v) is 3.40. The van der Waals surface area contributed by atoms with Gasteiger partial charge in [-0.05, 0) is 12.1 Å². The van der Waals surface area contributed by atoms with Gasteiger partial charge >= 0.3 is 8.56 Å². The third kappa shape index (κ3) is 62.3. The Labute approximate surface area is 90.4 Å². The van der Waals surface area contributed by atoms with E-state index in [1.807, 2.05) is 0 Å². The molecule has 0 aromatic rings. The normalized spacial score (nSPS) is 8.93. The number of hydrogen-bond donors (Lipinski definition) is 4. The van der Waals surface area contributed by atoms with E-state index in [-0.39, 0.29) is 0 Å². The van der Waals surface area contributed by atoms with Crippen molar-refractivity contribution < 1.29 is 29.4 Å². The van der Waals surface area contributed by atoms with Crippen molar-refractivity contribution in [1.82, 2.24) is 0 Å². The molecule has 0 heterocycles. The number of carbonyl (C=O) groups is 2. The molecule has 0 unspecified atom stereocenters. The van der Waals surface area contributed by atoms with Crippen LogP contribution in [0.25, 0.3) is 0 Å². The average molecular weight is 240 g/mol. The lowest BCUT2D eigenvalue weighted by Gasteiger charge is -2.10. The molecule has 0 spiro atoms. The zero-order valence-electron chi connectivity index (χ0n) is 9.52. The van der Waals surface area contributed by atoms with Gasteiger partial charge in [-0.3, -0.25) is 9.59 Å². The van der Waals surface area contributed by atoms with Crippen LogP contribution >= 0.6 is 0 Å². The van der Waals surface area contributed by atoms with E-state index >= 15 is 0 Å². The average Bonchev–Trinajstić information content (AvgIpc) is 2.02. The molecule has 15 heavy (non-hydrogen) atoms. The third-order valence-electron chi connectivity index (χ3n) is 1.13. The predicted molar refractivity (Wildman–Crippen MR) is 57.8 cm³/mol. The van der Waals surface area contributed by atoms with Gasteiger partial charge in [0, 0.05) is 13.8 Å². The Balaban J connectivity index is -0.000000155. The maximum Gasteiger partial charge on any atom is 0.332 e. The molecule has 0 saturated heterocycles. The molecule has 92 valence electrons. The largest absolute Gasteiger partial charge is 0.481 e. The second-order valence-corrected chi connectivity index (χ2v) is 6.11. The fourth-order valence-corrected chi connectivity index (χ4v) is 0.750. The zero-order chi connectivity index (χ0) is 13.1. The number of hydrogen-bond acceptors (Lipinski definition) is 4. The van der Waals surface area contributed by atoms with Gasteiger partial charge in [0.1, 0.15) is 0 Å². The Bertz CT molecular complexity index is 154. The van der Waals surface area contributed by atoms with Crippen molar-refractivity contribution in [3.63, 3.8) is 0 Å². The highest BCUT2D eigenvalue weighted by Crippen LogP contribution is 2.04. The van der Waals surface area contributed by atoms with Crippen LogP contribution in [0, 0.1) is 0 Å². The molecule has 0 aromatic carbocycles. The number of carboxylic acids is 2. The molecular formula is C8H20O6Si. The second-order valence-electron chi connectivity index (χ2n) is 2.73. The highest BCUT2D eigenvalue weighted by Gasteiger charge is 2.22. The van der Waals surface area contributed by atoms with Crippen LogP contribution in [0.15, 0.2) is 0 Å². The molecule has 0 aliphatic carbocycles. The summed E-state index contributed by atoms with van der Waals surface area (Å²) >= 11 is 0. The molecular weight excluding hydrogens is 220 g/mol. The summed E-state index contributed by atoms with van der Waals surface area (Å²) in [6.45, 7) is 5.77. The van der Waals surface area contributed by atoms with E-state index in [9.17, 15) is 0 Å². The van der Waals surface area contributed by atoms with Crippen LogP contribution in [0.1, 0.15) is 27.7 Å². The first-order chi connectivity index (χ1) is 6.59. The smallest absolute Gasteiger partial charge is 0.332 e. The van der Waals surface area contributed by atoms with Gasteiger partial charge in [0.25, 0.3) is 11.9 Å². The van der Waals surface area contributed by atoms with E-state index in [0.717, 1.165) is 13.8 Å². The Morgan fingerprint density at radius 2 is 1.07 bits per heavy atom. The molecule has 6 nitrogen and oxygen atoms in total. The fourth-order valence-electron chi connectivity index (χ4n) is 0.250. The van der Waals surface area contributed by atoms with E-state index in [1.165, 1.54) is 0 Å². The summed E-state index contributed by atoms with van der Waals surface area (Å²) in [6, 6.07) is 1.09. The van der Waals surface area contributed by atoms with Crippen molar-refractivity contribution in [3.8, 4) is 0 Å². The molecule has 0 rings (SSSR count). The van der Waals surface area contributed by atoms with E-state index < -0.39 is 20.5 Å². The second kappa shape index (κ2) is 11.2. The Morgan fingerprint density at radius 1 is 0.933 bits per heavy atom. The Hall–Kier alpha value is -0.923. The highest BCUT2D eigenvalue weighted by molar-refractivity contribution is 6.64. The number of aliphatic carboxylic acids is 2. The summed E-state index contributed by atoms with van der Waals surface area (Å²) in [5, 5.41) is 14.8. The van der Waals surface area contributed by atoms with Crippen LogP contribution in [0.2, 0.25) is 12.1 Å². The van der Waals surface area contributed by atoms with Crippen molar-refractivity contribution >= 4 is 20.5 Å². The molecule has 4 N–H and O–H groups in total. The Kier molecular flexibility index (Phi) is 14.6. The molecule has 7 heteroatoms. The minimum absolute atomic E-state index is 0.545. The van der Waals surface area contributed by atoms with Crippen LogP contribution in [0.5, 0.6) is 0 Å². The maximum atomic E-state index is 9.00. The van der Waals surface area contributed by atoms with Gasteiger partial charge < -0.3 is 19.8 Å². The summed E-state index contributed by atoms with van der Waals surface area (Å²) in [7, 11) is -2.65. The van der Waals surface area contributed by atoms with Crippen LogP contribution < -0.4 is 0 Å². The molecule has 0 radical (unpaired) electrons. The molecule has 0 fully saturated rings.